The van der Waals surface area contributed by atoms with Crippen LogP contribution in [0.5, 0.6) is 0 Å². The molecule has 0 aliphatic rings. The molecule has 0 aromatic heterocycles. The maximum Gasteiger partial charge on any atom is 0.0778 e. The average molecular weight is 243 g/mol. The quantitative estimate of drug-likeness (QED) is 0.626. The van der Waals surface area contributed by atoms with Crippen molar-refractivity contribution < 1.29 is 4.74 Å². The smallest absolute Gasteiger partial charge is 0.0778 e. The number of ether oxygens (including phenoxy) is 1. The lowest BCUT2D eigenvalue weighted by Crippen LogP contribution is -2.48. The monoisotopic (exact) mass is 243 g/mol. The van der Waals surface area contributed by atoms with Crippen molar-refractivity contribution in [2.75, 3.05) is 13.7 Å². The second-order valence-electron chi connectivity index (χ2n) is 5.53. The lowest BCUT2D eigenvalue weighted by Gasteiger charge is -2.36. The molecule has 17 heavy (non-hydrogen) atoms. The summed E-state index contributed by atoms with van der Waals surface area (Å²) in [4.78, 5) is 0. The molecule has 0 amide bonds. The summed E-state index contributed by atoms with van der Waals surface area (Å²) in [5, 5.41) is 3.44. The van der Waals surface area contributed by atoms with Crippen LogP contribution in [0.4, 0.5) is 0 Å². The van der Waals surface area contributed by atoms with E-state index >= 15 is 0 Å². The molecule has 0 radical (unpaired) electrons. The van der Waals surface area contributed by atoms with E-state index in [1.54, 1.807) is 0 Å². The van der Waals surface area contributed by atoms with Gasteiger partial charge in [0.05, 0.1) is 5.60 Å². The van der Waals surface area contributed by atoms with Crippen molar-refractivity contribution in [1.29, 1.82) is 0 Å². The molecule has 0 saturated carbocycles. The van der Waals surface area contributed by atoms with Crippen molar-refractivity contribution in [2.45, 2.75) is 78.4 Å². The second-order valence-corrected chi connectivity index (χ2v) is 5.53. The molecular formula is C15H33NO. The van der Waals surface area contributed by atoms with Gasteiger partial charge in [-0.1, -0.05) is 39.5 Å². The van der Waals surface area contributed by atoms with E-state index in [9.17, 15) is 0 Å². The fourth-order valence-electron chi connectivity index (χ4n) is 2.54. The Morgan fingerprint density at radius 3 is 2.24 bits per heavy atom. The minimum Gasteiger partial charge on any atom is -0.374 e. The SMILES string of the molecule is CCCCC(CC)CC(NC)C(C)(C)OCC. The molecule has 0 rings (SSSR count). The Morgan fingerprint density at radius 1 is 1.18 bits per heavy atom. The highest BCUT2D eigenvalue weighted by atomic mass is 16.5. The van der Waals surface area contributed by atoms with Gasteiger partial charge in [0.15, 0.2) is 0 Å². The third kappa shape index (κ3) is 6.42. The molecular weight excluding hydrogens is 210 g/mol. The minimum absolute atomic E-state index is 0.0663. The number of unbranched alkanes of at least 4 members (excludes halogenated alkanes) is 1. The number of hydrogen-bond donors (Lipinski definition) is 1. The lowest BCUT2D eigenvalue weighted by molar-refractivity contribution is -0.0423. The van der Waals surface area contributed by atoms with Crippen molar-refractivity contribution in [2.24, 2.45) is 5.92 Å². The molecule has 0 spiro atoms. The van der Waals surface area contributed by atoms with E-state index in [0.717, 1.165) is 12.5 Å². The Labute approximate surface area is 109 Å². The summed E-state index contributed by atoms with van der Waals surface area (Å²) in [6.45, 7) is 11.8. The standard InChI is InChI=1S/C15H33NO/c1-7-10-11-13(8-2)12-14(16-6)15(4,5)17-9-3/h13-14,16H,7-12H2,1-6H3. The Bertz CT molecular complexity index is 180. The first-order valence-corrected chi connectivity index (χ1v) is 7.32. The van der Waals surface area contributed by atoms with Gasteiger partial charge in [-0.15, -0.1) is 0 Å². The summed E-state index contributed by atoms with van der Waals surface area (Å²) < 4.78 is 5.87. The molecule has 0 aromatic carbocycles. The summed E-state index contributed by atoms with van der Waals surface area (Å²) in [5.41, 5.74) is -0.0663. The first kappa shape index (κ1) is 16.9. The van der Waals surface area contributed by atoms with Gasteiger partial charge in [-0.3, -0.25) is 0 Å². The Kier molecular flexibility index (Phi) is 8.89. The normalized spacial score (nSPS) is 15.9. The summed E-state index contributed by atoms with van der Waals surface area (Å²) in [6, 6.07) is 0.448. The molecule has 0 bridgehead atoms. The van der Waals surface area contributed by atoms with Crippen molar-refractivity contribution >= 4 is 0 Å². The van der Waals surface area contributed by atoms with E-state index in [0.29, 0.717) is 6.04 Å². The van der Waals surface area contributed by atoms with Crippen LogP contribution in [-0.2, 0) is 4.74 Å². The minimum atomic E-state index is -0.0663. The van der Waals surface area contributed by atoms with Gasteiger partial charge >= 0.3 is 0 Å². The van der Waals surface area contributed by atoms with Gasteiger partial charge in [0.25, 0.3) is 0 Å². The first-order chi connectivity index (χ1) is 8.01. The topological polar surface area (TPSA) is 21.3 Å². The van der Waals surface area contributed by atoms with Gasteiger partial charge < -0.3 is 10.1 Å². The fourth-order valence-corrected chi connectivity index (χ4v) is 2.54. The van der Waals surface area contributed by atoms with Crippen LogP contribution in [0.3, 0.4) is 0 Å². The average Bonchev–Trinajstić information content (AvgIpc) is 2.29. The van der Waals surface area contributed by atoms with Crippen LogP contribution in [0.25, 0.3) is 0 Å². The zero-order chi connectivity index (χ0) is 13.3. The fraction of sp³-hybridized carbons (Fsp3) is 1.00. The highest BCUT2D eigenvalue weighted by Crippen LogP contribution is 2.25. The molecule has 2 heteroatoms. The summed E-state index contributed by atoms with van der Waals surface area (Å²) in [7, 11) is 2.05. The van der Waals surface area contributed by atoms with Gasteiger partial charge in [-0.25, -0.2) is 0 Å². The Hall–Kier alpha value is -0.0800. The van der Waals surface area contributed by atoms with Gasteiger partial charge in [0.2, 0.25) is 0 Å². The highest BCUT2D eigenvalue weighted by molar-refractivity contribution is 4.86. The molecule has 0 heterocycles. The zero-order valence-corrected chi connectivity index (χ0v) is 12.8. The van der Waals surface area contributed by atoms with Crippen LogP contribution < -0.4 is 5.32 Å². The van der Waals surface area contributed by atoms with Gasteiger partial charge in [-0.2, -0.15) is 0 Å². The third-order valence-corrected chi connectivity index (χ3v) is 3.82. The molecule has 104 valence electrons. The van der Waals surface area contributed by atoms with Crippen LogP contribution in [-0.4, -0.2) is 25.3 Å². The Balaban J connectivity index is 4.34. The van der Waals surface area contributed by atoms with Crippen LogP contribution in [0.2, 0.25) is 0 Å². The van der Waals surface area contributed by atoms with E-state index in [4.69, 9.17) is 4.74 Å². The highest BCUT2D eigenvalue weighted by Gasteiger charge is 2.30. The van der Waals surface area contributed by atoms with Crippen LogP contribution in [0, 0.1) is 5.92 Å². The number of rotatable bonds is 10. The molecule has 2 atom stereocenters. The molecule has 0 fully saturated rings. The number of hydrogen-bond acceptors (Lipinski definition) is 2. The number of nitrogens with one attached hydrogen (secondary N) is 1. The maximum absolute atomic E-state index is 5.87. The summed E-state index contributed by atoms with van der Waals surface area (Å²) in [6.07, 6.45) is 6.51. The molecule has 0 saturated heterocycles. The van der Waals surface area contributed by atoms with Gasteiger partial charge in [0, 0.05) is 12.6 Å². The predicted molar refractivity (Wildman–Crippen MR) is 76.5 cm³/mol. The maximum atomic E-state index is 5.87. The first-order valence-electron chi connectivity index (χ1n) is 7.32. The largest absolute Gasteiger partial charge is 0.374 e. The van der Waals surface area contributed by atoms with Gasteiger partial charge in [-0.05, 0) is 40.2 Å². The van der Waals surface area contributed by atoms with Crippen LogP contribution in [0.15, 0.2) is 0 Å². The molecule has 2 nitrogen and oxygen atoms in total. The van der Waals surface area contributed by atoms with Gasteiger partial charge in [0.1, 0.15) is 0 Å². The molecule has 0 aliphatic carbocycles. The predicted octanol–water partition coefficient (Wildman–Crippen LogP) is 4.00. The molecule has 1 N–H and O–H groups in total. The lowest BCUT2D eigenvalue weighted by atomic mass is 9.85. The zero-order valence-electron chi connectivity index (χ0n) is 12.8. The van der Waals surface area contributed by atoms with E-state index in [-0.39, 0.29) is 5.60 Å². The van der Waals surface area contributed by atoms with Crippen molar-refractivity contribution in [3.05, 3.63) is 0 Å². The third-order valence-electron chi connectivity index (χ3n) is 3.82. The van der Waals surface area contributed by atoms with E-state index < -0.39 is 0 Å². The molecule has 0 aliphatic heterocycles. The van der Waals surface area contributed by atoms with Crippen LogP contribution in [0.1, 0.15) is 66.7 Å². The van der Waals surface area contributed by atoms with Crippen molar-refractivity contribution in [1.82, 2.24) is 5.32 Å². The summed E-state index contributed by atoms with van der Waals surface area (Å²) >= 11 is 0. The number of likely N-dealkylation sites (N-methyl/N-ethyl adjacent to an activating group) is 1. The molecule has 2 unspecified atom stereocenters. The van der Waals surface area contributed by atoms with E-state index in [1.807, 2.05) is 0 Å². The second kappa shape index (κ2) is 8.93. The summed E-state index contributed by atoms with van der Waals surface area (Å²) in [5.74, 6) is 0.826. The Morgan fingerprint density at radius 2 is 1.82 bits per heavy atom. The molecule has 0 aromatic rings. The van der Waals surface area contributed by atoms with Crippen molar-refractivity contribution in [3.63, 3.8) is 0 Å². The van der Waals surface area contributed by atoms with Crippen molar-refractivity contribution in [3.8, 4) is 0 Å². The van der Waals surface area contributed by atoms with E-state index in [1.165, 1.54) is 32.1 Å². The van der Waals surface area contributed by atoms with Crippen LogP contribution >= 0.6 is 0 Å². The van der Waals surface area contributed by atoms with E-state index in [2.05, 4.69) is 47.0 Å².